The van der Waals surface area contributed by atoms with Crippen LogP contribution >= 0.6 is 22.9 Å². The number of nitrogens with one attached hydrogen (secondary N) is 1. The summed E-state index contributed by atoms with van der Waals surface area (Å²) < 4.78 is 7.02. The molecule has 0 aliphatic rings. The van der Waals surface area contributed by atoms with Crippen molar-refractivity contribution < 1.29 is 4.74 Å². The lowest BCUT2D eigenvalue weighted by molar-refractivity contribution is 0.182. The molecule has 0 aliphatic heterocycles. The fourth-order valence-electron chi connectivity index (χ4n) is 2.04. The van der Waals surface area contributed by atoms with Gasteiger partial charge in [-0.15, -0.1) is 11.3 Å². The van der Waals surface area contributed by atoms with E-state index in [2.05, 4.69) is 29.5 Å². The first-order valence-electron chi connectivity index (χ1n) is 6.11. The first-order chi connectivity index (χ1) is 9.17. The van der Waals surface area contributed by atoms with E-state index in [0.717, 1.165) is 5.69 Å². The molecule has 4 nitrogen and oxygen atoms in total. The molecular formula is C13H18ClN3OS. The molecule has 2 heterocycles. The van der Waals surface area contributed by atoms with Crippen LogP contribution in [0.3, 0.4) is 0 Å². The molecule has 1 N–H and O–H groups in total. The molecule has 2 aromatic heterocycles. The summed E-state index contributed by atoms with van der Waals surface area (Å²) in [6.07, 6.45) is 1.69. The number of ether oxygens (including phenoxy) is 1. The lowest BCUT2D eigenvalue weighted by atomic mass is 10.1. The highest BCUT2D eigenvalue weighted by atomic mass is 35.5. The molecule has 0 aliphatic carbocycles. The number of hydrogen-bond acceptors (Lipinski definition) is 4. The zero-order valence-electron chi connectivity index (χ0n) is 11.3. The smallest absolute Gasteiger partial charge is 0.0854 e. The summed E-state index contributed by atoms with van der Waals surface area (Å²) in [7, 11) is 3.62. The Hall–Kier alpha value is -0.880. The number of halogens is 1. The number of nitrogens with zero attached hydrogens (tertiary/aromatic N) is 2. The number of aromatic nitrogens is 2. The molecule has 0 bridgehead atoms. The van der Waals surface area contributed by atoms with Gasteiger partial charge >= 0.3 is 0 Å². The van der Waals surface area contributed by atoms with Crippen LogP contribution in [-0.2, 0) is 11.3 Å². The summed E-state index contributed by atoms with van der Waals surface area (Å²) in [5.41, 5.74) is 0.989. The zero-order chi connectivity index (χ0) is 13.8. The van der Waals surface area contributed by atoms with Crippen LogP contribution < -0.4 is 5.32 Å². The van der Waals surface area contributed by atoms with Gasteiger partial charge in [0.05, 0.1) is 36.1 Å². The number of rotatable bonds is 6. The Balaban J connectivity index is 2.34. The van der Waals surface area contributed by atoms with Gasteiger partial charge in [0.25, 0.3) is 0 Å². The Morgan fingerprint density at radius 1 is 1.53 bits per heavy atom. The average molecular weight is 300 g/mol. The molecule has 6 heteroatoms. The summed E-state index contributed by atoms with van der Waals surface area (Å²) in [4.78, 5) is 2.52. The van der Waals surface area contributed by atoms with E-state index in [0.29, 0.717) is 18.2 Å². The Bertz CT molecular complexity index is 538. The van der Waals surface area contributed by atoms with Crippen molar-refractivity contribution in [2.75, 3.05) is 20.8 Å². The topological polar surface area (TPSA) is 39.1 Å². The van der Waals surface area contributed by atoms with Crippen LogP contribution in [0, 0.1) is 6.92 Å². The molecule has 2 rings (SSSR count). The van der Waals surface area contributed by atoms with Crippen molar-refractivity contribution in [1.82, 2.24) is 15.1 Å². The second-order valence-corrected chi connectivity index (χ2v) is 5.99. The van der Waals surface area contributed by atoms with E-state index in [1.54, 1.807) is 24.6 Å². The first kappa shape index (κ1) is 14.5. The van der Waals surface area contributed by atoms with E-state index >= 15 is 0 Å². The molecule has 0 fully saturated rings. The maximum atomic E-state index is 6.29. The van der Waals surface area contributed by atoms with Crippen molar-refractivity contribution >= 4 is 22.9 Å². The third kappa shape index (κ3) is 3.17. The van der Waals surface area contributed by atoms with Crippen LogP contribution in [-0.4, -0.2) is 30.5 Å². The van der Waals surface area contributed by atoms with Gasteiger partial charge in [-0.1, -0.05) is 11.6 Å². The normalized spacial score (nSPS) is 12.8. The molecule has 2 aromatic rings. The van der Waals surface area contributed by atoms with Crippen LogP contribution in [0.1, 0.15) is 21.5 Å². The van der Waals surface area contributed by atoms with Gasteiger partial charge in [-0.05, 0) is 26.1 Å². The molecule has 104 valence electrons. The molecule has 0 saturated carbocycles. The highest BCUT2D eigenvalue weighted by Crippen LogP contribution is 2.32. The quantitative estimate of drug-likeness (QED) is 0.891. The minimum absolute atomic E-state index is 0.0607. The van der Waals surface area contributed by atoms with E-state index < -0.39 is 0 Å². The highest BCUT2D eigenvalue weighted by Gasteiger charge is 2.21. The number of aryl methyl sites for hydroxylation is 1. The molecule has 1 unspecified atom stereocenters. The average Bonchev–Trinajstić information content (AvgIpc) is 2.97. The van der Waals surface area contributed by atoms with Crippen LogP contribution in [0.4, 0.5) is 0 Å². The fraction of sp³-hybridized carbons (Fsp3) is 0.462. The van der Waals surface area contributed by atoms with Crippen molar-refractivity contribution in [3.8, 4) is 0 Å². The second-order valence-electron chi connectivity index (χ2n) is 4.26. The van der Waals surface area contributed by atoms with Gasteiger partial charge in [0, 0.05) is 16.9 Å². The van der Waals surface area contributed by atoms with Crippen LogP contribution in [0.2, 0.25) is 5.02 Å². The monoisotopic (exact) mass is 299 g/mol. The van der Waals surface area contributed by atoms with Crippen molar-refractivity contribution in [1.29, 1.82) is 0 Å². The van der Waals surface area contributed by atoms with Gasteiger partial charge in [-0.2, -0.15) is 5.10 Å². The summed E-state index contributed by atoms with van der Waals surface area (Å²) in [5, 5.41) is 8.32. The standard InChI is InChI=1S/C13H18ClN3OS/c1-9-4-5-11(19-9)12(15-2)13-10(14)8-16-17(13)6-7-18-3/h4-5,8,12,15H,6-7H2,1-3H3. The highest BCUT2D eigenvalue weighted by molar-refractivity contribution is 7.12. The molecule has 0 amide bonds. The second kappa shape index (κ2) is 6.52. The molecular weight excluding hydrogens is 282 g/mol. The van der Waals surface area contributed by atoms with Gasteiger partial charge in [0.15, 0.2) is 0 Å². The van der Waals surface area contributed by atoms with Gasteiger partial charge in [0.1, 0.15) is 0 Å². The number of methoxy groups -OCH3 is 1. The minimum atomic E-state index is 0.0607. The SMILES string of the molecule is CNC(c1ccc(C)s1)c1c(Cl)cnn1CCOC. The molecule has 1 atom stereocenters. The van der Waals surface area contributed by atoms with Crippen molar-refractivity contribution in [2.24, 2.45) is 0 Å². The predicted octanol–water partition coefficient (Wildman–Crippen LogP) is 2.86. The van der Waals surface area contributed by atoms with Gasteiger partial charge in [-0.25, -0.2) is 0 Å². The maximum Gasteiger partial charge on any atom is 0.0854 e. The van der Waals surface area contributed by atoms with Gasteiger partial charge < -0.3 is 10.1 Å². The summed E-state index contributed by atoms with van der Waals surface area (Å²) in [5.74, 6) is 0. The van der Waals surface area contributed by atoms with E-state index in [4.69, 9.17) is 16.3 Å². The predicted molar refractivity (Wildman–Crippen MR) is 79.1 cm³/mol. The van der Waals surface area contributed by atoms with E-state index in [-0.39, 0.29) is 6.04 Å². The number of thiophene rings is 1. The summed E-state index contributed by atoms with van der Waals surface area (Å²) >= 11 is 8.06. The van der Waals surface area contributed by atoms with Crippen LogP contribution in [0.25, 0.3) is 0 Å². The Labute approximate surface area is 122 Å². The van der Waals surface area contributed by atoms with Gasteiger partial charge in [0.2, 0.25) is 0 Å². The molecule has 19 heavy (non-hydrogen) atoms. The van der Waals surface area contributed by atoms with E-state index in [1.165, 1.54) is 9.75 Å². The largest absolute Gasteiger partial charge is 0.383 e. The lowest BCUT2D eigenvalue weighted by Gasteiger charge is -2.17. The third-order valence-electron chi connectivity index (χ3n) is 2.95. The van der Waals surface area contributed by atoms with E-state index in [1.807, 2.05) is 11.7 Å². The molecule has 0 aromatic carbocycles. The number of hydrogen-bond donors (Lipinski definition) is 1. The fourth-order valence-corrected chi connectivity index (χ4v) is 3.28. The first-order valence-corrected chi connectivity index (χ1v) is 7.30. The van der Waals surface area contributed by atoms with Crippen LogP contribution in [0.15, 0.2) is 18.3 Å². The zero-order valence-corrected chi connectivity index (χ0v) is 12.9. The minimum Gasteiger partial charge on any atom is -0.383 e. The van der Waals surface area contributed by atoms with Crippen molar-refractivity contribution in [2.45, 2.75) is 19.5 Å². The maximum absolute atomic E-state index is 6.29. The van der Waals surface area contributed by atoms with Gasteiger partial charge in [-0.3, -0.25) is 4.68 Å². The molecule has 0 radical (unpaired) electrons. The Morgan fingerprint density at radius 3 is 2.89 bits per heavy atom. The molecule has 0 saturated heterocycles. The Kier molecular flexibility index (Phi) is 4.99. The molecule has 0 spiro atoms. The van der Waals surface area contributed by atoms with E-state index in [9.17, 15) is 0 Å². The lowest BCUT2D eigenvalue weighted by Crippen LogP contribution is -2.22. The summed E-state index contributed by atoms with van der Waals surface area (Å²) in [6.45, 7) is 3.41. The third-order valence-corrected chi connectivity index (χ3v) is 4.30. The van der Waals surface area contributed by atoms with Crippen molar-refractivity contribution in [3.05, 3.63) is 38.8 Å². The Morgan fingerprint density at radius 2 is 2.32 bits per heavy atom. The van der Waals surface area contributed by atoms with Crippen LogP contribution in [0.5, 0.6) is 0 Å². The summed E-state index contributed by atoms with van der Waals surface area (Å²) in [6, 6.07) is 4.31. The van der Waals surface area contributed by atoms with Crippen molar-refractivity contribution in [3.63, 3.8) is 0 Å².